The van der Waals surface area contributed by atoms with Crippen LogP contribution in [0.15, 0.2) is 24.3 Å². The molecule has 0 fully saturated rings. The second-order valence-corrected chi connectivity index (χ2v) is 5.07. The minimum Gasteiger partial charge on any atom is -0.437 e. The molecule has 0 aliphatic heterocycles. The van der Waals surface area contributed by atoms with E-state index < -0.39 is 0 Å². The number of aromatic nitrogens is 1. The van der Waals surface area contributed by atoms with Crippen LogP contribution in [-0.2, 0) is 6.42 Å². The number of rotatable bonds is 3. The van der Waals surface area contributed by atoms with Crippen molar-refractivity contribution in [2.75, 3.05) is 5.73 Å². The second kappa shape index (κ2) is 5.87. The highest BCUT2D eigenvalue weighted by molar-refractivity contribution is 6.36. The average molecular weight is 318 g/mol. The van der Waals surface area contributed by atoms with Gasteiger partial charge in [-0.15, -0.1) is 0 Å². The molecule has 2 N–H and O–H groups in total. The first-order valence-electron chi connectivity index (χ1n) is 5.59. The molecule has 0 bridgehead atoms. The Morgan fingerprint density at radius 2 is 1.84 bits per heavy atom. The van der Waals surface area contributed by atoms with Crippen LogP contribution >= 0.6 is 34.8 Å². The van der Waals surface area contributed by atoms with E-state index in [0.717, 1.165) is 12.0 Å². The zero-order chi connectivity index (χ0) is 14.0. The number of aryl methyl sites for hydroxylation is 1. The van der Waals surface area contributed by atoms with Gasteiger partial charge >= 0.3 is 0 Å². The summed E-state index contributed by atoms with van der Waals surface area (Å²) in [7, 11) is 0. The minimum atomic E-state index is 0.172. The van der Waals surface area contributed by atoms with Crippen molar-refractivity contribution in [2.45, 2.75) is 13.3 Å². The molecule has 2 aromatic rings. The van der Waals surface area contributed by atoms with Crippen LogP contribution in [0.5, 0.6) is 11.6 Å². The number of nitrogens with two attached hydrogens (primary N) is 1. The molecule has 1 aromatic heterocycles. The molecule has 19 heavy (non-hydrogen) atoms. The van der Waals surface area contributed by atoms with Crippen molar-refractivity contribution in [1.82, 2.24) is 4.98 Å². The standard InChI is InChI=1S/C13H11Cl3N2O/c1-2-7-5-8(3-4-9(7)14)19-13-11(16)6-10(15)12(17)18-13/h3-6H,2H2,1H3,(H2,17,18). The molecular formula is C13H11Cl3N2O. The molecule has 0 amide bonds. The van der Waals surface area contributed by atoms with Gasteiger partial charge in [0.05, 0.1) is 5.02 Å². The number of hydrogen-bond acceptors (Lipinski definition) is 3. The van der Waals surface area contributed by atoms with E-state index in [0.29, 0.717) is 20.8 Å². The third-order valence-electron chi connectivity index (χ3n) is 2.54. The van der Waals surface area contributed by atoms with E-state index in [2.05, 4.69) is 4.98 Å². The summed E-state index contributed by atoms with van der Waals surface area (Å²) in [5.74, 6) is 0.982. The van der Waals surface area contributed by atoms with E-state index in [9.17, 15) is 0 Å². The van der Waals surface area contributed by atoms with Crippen LogP contribution in [0.2, 0.25) is 15.1 Å². The summed E-state index contributed by atoms with van der Waals surface area (Å²) < 4.78 is 5.60. The highest BCUT2D eigenvalue weighted by Crippen LogP contribution is 2.33. The first-order valence-corrected chi connectivity index (χ1v) is 6.72. The van der Waals surface area contributed by atoms with E-state index in [1.54, 1.807) is 12.1 Å². The highest BCUT2D eigenvalue weighted by Gasteiger charge is 2.10. The van der Waals surface area contributed by atoms with Crippen LogP contribution in [0, 0.1) is 0 Å². The Kier molecular flexibility index (Phi) is 4.40. The van der Waals surface area contributed by atoms with Crippen molar-refractivity contribution >= 4 is 40.6 Å². The Morgan fingerprint density at radius 1 is 1.11 bits per heavy atom. The molecule has 0 radical (unpaired) electrons. The molecule has 0 aliphatic carbocycles. The van der Waals surface area contributed by atoms with Gasteiger partial charge in [0.25, 0.3) is 0 Å². The smallest absolute Gasteiger partial charge is 0.240 e. The first kappa shape index (κ1) is 14.3. The Labute approximate surface area is 126 Å². The summed E-state index contributed by atoms with van der Waals surface area (Å²) in [6.45, 7) is 2.01. The fraction of sp³-hybridized carbons (Fsp3) is 0.154. The summed E-state index contributed by atoms with van der Waals surface area (Å²) in [6, 6.07) is 6.84. The maximum atomic E-state index is 6.04. The molecular weight excluding hydrogens is 307 g/mol. The highest BCUT2D eigenvalue weighted by atomic mass is 35.5. The van der Waals surface area contributed by atoms with Gasteiger partial charge in [0.2, 0.25) is 5.88 Å². The van der Waals surface area contributed by atoms with Gasteiger partial charge in [-0.2, -0.15) is 4.98 Å². The predicted octanol–water partition coefficient (Wildman–Crippen LogP) is 4.98. The fourth-order valence-electron chi connectivity index (χ4n) is 1.53. The Hall–Kier alpha value is -1.16. The summed E-state index contributed by atoms with van der Waals surface area (Å²) in [6.07, 6.45) is 0.806. The lowest BCUT2D eigenvalue weighted by Gasteiger charge is -2.10. The monoisotopic (exact) mass is 316 g/mol. The topological polar surface area (TPSA) is 48.1 Å². The summed E-state index contributed by atoms with van der Waals surface area (Å²) in [5, 5.41) is 1.29. The first-order chi connectivity index (χ1) is 9.01. The predicted molar refractivity (Wildman–Crippen MR) is 79.6 cm³/mol. The van der Waals surface area contributed by atoms with E-state index >= 15 is 0 Å². The van der Waals surface area contributed by atoms with Gasteiger partial charge in [0.1, 0.15) is 16.6 Å². The minimum absolute atomic E-state index is 0.172. The normalized spacial score (nSPS) is 10.5. The molecule has 1 heterocycles. The van der Waals surface area contributed by atoms with Gasteiger partial charge in [-0.3, -0.25) is 0 Å². The molecule has 6 heteroatoms. The van der Waals surface area contributed by atoms with Crippen LogP contribution in [0.25, 0.3) is 0 Å². The third kappa shape index (κ3) is 3.24. The molecule has 3 nitrogen and oxygen atoms in total. The molecule has 0 spiro atoms. The fourth-order valence-corrected chi connectivity index (χ4v) is 2.18. The molecule has 0 saturated carbocycles. The summed E-state index contributed by atoms with van der Waals surface area (Å²) >= 11 is 17.9. The molecule has 100 valence electrons. The van der Waals surface area contributed by atoms with Crippen LogP contribution in [-0.4, -0.2) is 4.98 Å². The number of halogens is 3. The van der Waals surface area contributed by atoms with Crippen molar-refractivity contribution in [1.29, 1.82) is 0 Å². The second-order valence-electron chi connectivity index (χ2n) is 3.85. The van der Waals surface area contributed by atoms with Gasteiger partial charge in [-0.05, 0) is 36.2 Å². The Morgan fingerprint density at radius 3 is 2.53 bits per heavy atom. The molecule has 0 saturated heterocycles. The molecule has 0 unspecified atom stereocenters. The van der Waals surface area contributed by atoms with E-state index in [4.69, 9.17) is 45.3 Å². The van der Waals surface area contributed by atoms with Crippen molar-refractivity contribution in [3.63, 3.8) is 0 Å². The van der Waals surface area contributed by atoms with Crippen molar-refractivity contribution in [3.05, 3.63) is 44.9 Å². The van der Waals surface area contributed by atoms with Crippen molar-refractivity contribution in [3.8, 4) is 11.6 Å². The summed E-state index contributed by atoms with van der Waals surface area (Å²) in [4.78, 5) is 4.00. The molecule has 0 aliphatic rings. The SMILES string of the molecule is CCc1cc(Oc2nc(N)c(Cl)cc2Cl)ccc1Cl. The van der Waals surface area contributed by atoms with Gasteiger partial charge in [0.15, 0.2) is 0 Å². The Bertz CT molecular complexity index is 617. The van der Waals surface area contributed by atoms with Gasteiger partial charge < -0.3 is 10.5 Å². The number of pyridine rings is 1. The van der Waals surface area contributed by atoms with Crippen LogP contribution in [0.1, 0.15) is 12.5 Å². The maximum Gasteiger partial charge on any atom is 0.240 e. The lowest BCUT2D eigenvalue weighted by atomic mass is 10.1. The van der Waals surface area contributed by atoms with Crippen molar-refractivity contribution in [2.24, 2.45) is 0 Å². The van der Waals surface area contributed by atoms with Gasteiger partial charge in [-0.1, -0.05) is 41.7 Å². The molecule has 0 atom stereocenters. The number of hydrogen-bond donors (Lipinski definition) is 1. The number of nitrogen functional groups attached to an aromatic ring is 1. The summed E-state index contributed by atoms with van der Waals surface area (Å²) in [5.41, 5.74) is 6.60. The number of nitrogens with zero attached hydrogens (tertiary/aromatic N) is 1. The van der Waals surface area contributed by atoms with E-state index in [-0.39, 0.29) is 11.7 Å². The van der Waals surface area contributed by atoms with Crippen molar-refractivity contribution < 1.29 is 4.74 Å². The third-order valence-corrected chi connectivity index (χ3v) is 3.48. The van der Waals surface area contributed by atoms with E-state index in [1.807, 2.05) is 13.0 Å². The van der Waals surface area contributed by atoms with Gasteiger partial charge in [-0.25, -0.2) is 0 Å². The molecule has 1 aromatic carbocycles. The maximum absolute atomic E-state index is 6.04. The van der Waals surface area contributed by atoms with Crippen LogP contribution in [0.3, 0.4) is 0 Å². The van der Waals surface area contributed by atoms with Crippen LogP contribution in [0.4, 0.5) is 5.82 Å². The lowest BCUT2D eigenvalue weighted by molar-refractivity contribution is 0.463. The number of ether oxygens (including phenoxy) is 1. The van der Waals surface area contributed by atoms with Crippen LogP contribution < -0.4 is 10.5 Å². The zero-order valence-electron chi connectivity index (χ0n) is 10.1. The average Bonchev–Trinajstić information content (AvgIpc) is 2.38. The number of benzene rings is 1. The van der Waals surface area contributed by atoms with Gasteiger partial charge in [0, 0.05) is 5.02 Å². The molecule has 2 rings (SSSR count). The Balaban J connectivity index is 2.33. The quantitative estimate of drug-likeness (QED) is 0.868. The lowest BCUT2D eigenvalue weighted by Crippen LogP contribution is -1.96. The number of anilines is 1. The van der Waals surface area contributed by atoms with E-state index in [1.165, 1.54) is 6.07 Å². The largest absolute Gasteiger partial charge is 0.437 e. The zero-order valence-corrected chi connectivity index (χ0v) is 12.4.